The minimum absolute atomic E-state index is 0. The molecular formula is C8H11CaNS. The van der Waals surface area contributed by atoms with Crippen molar-refractivity contribution in [3.05, 3.63) is 35.6 Å². The van der Waals surface area contributed by atoms with E-state index in [4.69, 9.17) is 12.6 Å². The molecule has 0 aliphatic heterocycles. The molecule has 0 radical (unpaired) electrons. The Morgan fingerprint density at radius 2 is 1.45 bits per heavy atom. The predicted octanol–water partition coefficient (Wildman–Crippen LogP) is 1.83. The van der Waals surface area contributed by atoms with E-state index in [-0.39, 0.29) is 37.7 Å². The van der Waals surface area contributed by atoms with E-state index in [0.717, 1.165) is 4.90 Å². The molecule has 0 saturated carbocycles. The van der Waals surface area contributed by atoms with Gasteiger partial charge in [0.15, 0.2) is 0 Å². The molecule has 11 heavy (non-hydrogen) atoms. The summed E-state index contributed by atoms with van der Waals surface area (Å²) in [5, 5.41) is 3.50. The molecule has 0 fully saturated rings. The van der Waals surface area contributed by atoms with Crippen LogP contribution in [-0.4, -0.2) is 51.8 Å². The van der Waals surface area contributed by atoms with Gasteiger partial charge in [-0.15, -0.1) is 0 Å². The number of hydrogen-bond acceptors (Lipinski definition) is 1. The molecule has 0 bridgehead atoms. The van der Waals surface area contributed by atoms with Crippen molar-refractivity contribution >= 4 is 50.4 Å². The second-order valence-corrected chi connectivity index (χ2v) is 2.23. The largest absolute Gasteiger partial charge is 2.00 e. The summed E-state index contributed by atoms with van der Waals surface area (Å²) in [6.07, 6.45) is 0. The molecule has 1 rings (SSSR count). The third-order valence-corrected chi connectivity index (χ3v) is 1.02. The smallest absolute Gasteiger partial charge is 0.780 e. The van der Waals surface area contributed by atoms with Gasteiger partial charge < -0.3 is 17.9 Å². The van der Waals surface area contributed by atoms with Gasteiger partial charge in [0.1, 0.15) is 0 Å². The van der Waals surface area contributed by atoms with Crippen molar-refractivity contribution in [2.45, 2.75) is 4.90 Å². The van der Waals surface area contributed by atoms with Crippen LogP contribution in [0.1, 0.15) is 0 Å². The second-order valence-electron chi connectivity index (χ2n) is 1.76. The van der Waals surface area contributed by atoms with Gasteiger partial charge in [-0.2, -0.15) is 19.0 Å². The van der Waals surface area contributed by atoms with Crippen LogP contribution in [0.5, 0.6) is 0 Å². The molecule has 0 amide bonds. The zero-order valence-corrected chi connectivity index (χ0v) is 9.97. The molecule has 0 heterocycles. The van der Waals surface area contributed by atoms with E-state index >= 15 is 0 Å². The number of benzene rings is 1. The third-order valence-electron chi connectivity index (χ3n) is 0.743. The Balaban J connectivity index is 0. The summed E-state index contributed by atoms with van der Waals surface area (Å²) in [5.41, 5.74) is 0. The number of nitrogens with zero attached hydrogens (tertiary/aromatic N) is 1. The average molecular weight is 193 g/mol. The summed E-state index contributed by atoms with van der Waals surface area (Å²) in [4.78, 5) is 0.905. The van der Waals surface area contributed by atoms with E-state index in [2.05, 4.69) is 5.32 Å². The van der Waals surface area contributed by atoms with E-state index in [1.165, 1.54) is 0 Å². The third kappa shape index (κ3) is 10.7. The van der Waals surface area contributed by atoms with Crippen molar-refractivity contribution in [1.29, 1.82) is 0 Å². The van der Waals surface area contributed by atoms with E-state index in [1.807, 2.05) is 30.3 Å². The Bertz CT molecular complexity index is 155. The molecule has 0 N–H and O–H groups in total. The van der Waals surface area contributed by atoms with Crippen molar-refractivity contribution in [2.24, 2.45) is 0 Å². The Morgan fingerprint density at radius 1 is 1.09 bits per heavy atom. The maximum Gasteiger partial charge on any atom is 2.00 e. The number of rotatable bonds is 0. The maximum atomic E-state index is 4.81. The Labute approximate surface area is 104 Å². The van der Waals surface area contributed by atoms with Gasteiger partial charge in [-0.25, -0.2) is 0 Å². The summed E-state index contributed by atoms with van der Waals surface area (Å²) in [6, 6.07) is 9.62. The average Bonchev–Trinajstić information content (AvgIpc) is 1.91. The van der Waals surface area contributed by atoms with Gasteiger partial charge >= 0.3 is 37.7 Å². The molecule has 0 aliphatic rings. The molecule has 0 atom stereocenters. The van der Waals surface area contributed by atoms with Gasteiger partial charge in [-0.05, 0) is 0 Å². The van der Waals surface area contributed by atoms with Crippen LogP contribution in [0.25, 0.3) is 5.32 Å². The Morgan fingerprint density at radius 3 is 1.64 bits per heavy atom. The van der Waals surface area contributed by atoms with Gasteiger partial charge in [0.2, 0.25) is 0 Å². The summed E-state index contributed by atoms with van der Waals surface area (Å²) in [5.74, 6) is 0. The van der Waals surface area contributed by atoms with Crippen LogP contribution in [0.4, 0.5) is 0 Å². The standard InChI is InChI=1S/C6H6S.C2H6N.Ca/c7-6-4-2-1-3-5-6;1-3-2;/h1-5,7H;1-2H3;/q;-1;+2/p-1. The van der Waals surface area contributed by atoms with Crippen molar-refractivity contribution in [3.8, 4) is 0 Å². The van der Waals surface area contributed by atoms with Crippen LogP contribution in [0.15, 0.2) is 35.2 Å². The van der Waals surface area contributed by atoms with Crippen LogP contribution in [0, 0.1) is 0 Å². The predicted molar refractivity (Wildman–Crippen MR) is 53.0 cm³/mol. The number of hydrogen-bond donors (Lipinski definition) is 0. The molecule has 0 saturated heterocycles. The molecule has 0 aromatic heterocycles. The minimum Gasteiger partial charge on any atom is -0.780 e. The van der Waals surface area contributed by atoms with Crippen LogP contribution in [0.3, 0.4) is 0 Å². The monoisotopic (exact) mass is 193 g/mol. The van der Waals surface area contributed by atoms with Gasteiger partial charge in [-0.1, -0.05) is 30.3 Å². The zero-order valence-electron chi connectivity index (χ0n) is 6.95. The zero-order chi connectivity index (χ0) is 7.82. The Kier molecular flexibility index (Phi) is 13.8. The van der Waals surface area contributed by atoms with Crippen molar-refractivity contribution in [3.63, 3.8) is 0 Å². The van der Waals surface area contributed by atoms with Crippen LogP contribution in [-0.2, 0) is 12.6 Å². The summed E-state index contributed by atoms with van der Waals surface area (Å²) < 4.78 is 0. The quantitative estimate of drug-likeness (QED) is 0.453. The first-order chi connectivity index (χ1) is 4.81. The SMILES string of the molecule is C[N-]C.[Ca+2].[S-]c1ccccc1. The van der Waals surface area contributed by atoms with E-state index in [0.29, 0.717) is 0 Å². The van der Waals surface area contributed by atoms with Gasteiger partial charge in [0, 0.05) is 0 Å². The van der Waals surface area contributed by atoms with E-state index in [9.17, 15) is 0 Å². The molecule has 56 valence electrons. The normalized spacial score (nSPS) is 7.09. The topological polar surface area (TPSA) is 14.1 Å². The molecule has 0 spiro atoms. The molecule has 1 aromatic rings. The molecule has 0 unspecified atom stereocenters. The summed E-state index contributed by atoms with van der Waals surface area (Å²) >= 11 is 4.81. The fourth-order valence-corrected chi connectivity index (χ4v) is 0.578. The van der Waals surface area contributed by atoms with Crippen LogP contribution < -0.4 is 0 Å². The molecular weight excluding hydrogens is 182 g/mol. The molecule has 0 aliphatic carbocycles. The summed E-state index contributed by atoms with van der Waals surface area (Å²) in [6.45, 7) is 0. The van der Waals surface area contributed by atoms with Gasteiger partial charge in [0.25, 0.3) is 0 Å². The molecule has 1 nitrogen and oxygen atoms in total. The first-order valence-corrected chi connectivity index (χ1v) is 3.42. The van der Waals surface area contributed by atoms with E-state index in [1.54, 1.807) is 14.1 Å². The summed E-state index contributed by atoms with van der Waals surface area (Å²) in [7, 11) is 3.50. The second kappa shape index (κ2) is 10.7. The van der Waals surface area contributed by atoms with Crippen molar-refractivity contribution in [2.75, 3.05) is 14.1 Å². The van der Waals surface area contributed by atoms with Gasteiger partial charge in [0.05, 0.1) is 0 Å². The first-order valence-electron chi connectivity index (χ1n) is 3.01. The first kappa shape index (κ1) is 14.2. The van der Waals surface area contributed by atoms with Crippen LogP contribution >= 0.6 is 0 Å². The van der Waals surface area contributed by atoms with Crippen molar-refractivity contribution < 1.29 is 0 Å². The van der Waals surface area contributed by atoms with Crippen LogP contribution in [0.2, 0.25) is 0 Å². The van der Waals surface area contributed by atoms with Crippen molar-refractivity contribution in [1.82, 2.24) is 0 Å². The fourth-order valence-electron chi connectivity index (χ4n) is 0.420. The molecule has 3 heteroatoms. The Hall–Kier alpha value is 0.660. The van der Waals surface area contributed by atoms with Gasteiger partial charge in [-0.3, -0.25) is 0 Å². The molecule has 1 aromatic carbocycles. The van der Waals surface area contributed by atoms with E-state index < -0.39 is 0 Å². The fraction of sp³-hybridized carbons (Fsp3) is 0.250. The maximum absolute atomic E-state index is 4.81. The minimum atomic E-state index is 0.